The van der Waals surface area contributed by atoms with Gasteiger partial charge in [0.15, 0.2) is 0 Å². The summed E-state index contributed by atoms with van der Waals surface area (Å²) in [4.78, 5) is 4.92. The van der Waals surface area contributed by atoms with Crippen molar-refractivity contribution in [2.75, 3.05) is 9.80 Å². The molecule has 0 N–H and O–H groups in total. The van der Waals surface area contributed by atoms with Crippen LogP contribution in [0.1, 0.15) is 24.0 Å². The molecular weight excluding hydrogens is 737 g/mol. The van der Waals surface area contributed by atoms with Crippen molar-refractivity contribution in [1.29, 1.82) is 0 Å². The number of hydrogen-bond acceptors (Lipinski definition) is 2. The standard InChI is InChI=1S/C59H38N2/c1-3-13-45(14-4-1)60(49-31-41-21-17-37-9-7-10-38-18-22-42(32-49)57(41)55(37)38)47-25-27-51-52-28-26-48(36-54(52)59(29-30-59)53(51)35-47)61(46-15-5-2-6-16-46)50-33-43-23-19-39-11-8-12-40-20-24-44(34-50)58(43)56(39)40/h1-28,31-36H,29-30H2. The average Bonchev–Trinajstić information content (AvgIpc) is 4.08. The summed E-state index contributed by atoms with van der Waals surface area (Å²) in [6, 6.07) is 77.4. The molecule has 1 spiro atoms. The van der Waals surface area contributed by atoms with Crippen LogP contribution in [0.4, 0.5) is 34.1 Å². The first-order valence-corrected chi connectivity index (χ1v) is 21.5. The molecule has 14 rings (SSSR count). The zero-order chi connectivity index (χ0) is 39.8. The summed E-state index contributed by atoms with van der Waals surface area (Å²) in [6.07, 6.45) is 2.30. The molecule has 2 heteroatoms. The van der Waals surface area contributed by atoms with Gasteiger partial charge in [-0.15, -0.1) is 0 Å². The summed E-state index contributed by atoms with van der Waals surface area (Å²) >= 11 is 0. The number of nitrogens with zero attached hydrogens (tertiary/aromatic N) is 2. The molecule has 1 fully saturated rings. The van der Waals surface area contributed by atoms with Crippen molar-refractivity contribution < 1.29 is 0 Å². The van der Waals surface area contributed by atoms with E-state index in [1.807, 2.05) is 0 Å². The maximum atomic E-state index is 2.51. The molecule has 12 aromatic rings. The monoisotopic (exact) mass is 774 g/mol. The van der Waals surface area contributed by atoms with Crippen LogP contribution in [0.15, 0.2) is 206 Å². The van der Waals surface area contributed by atoms with Crippen molar-refractivity contribution in [2.24, 2.45) is 0 Å². The van der Waals surface area contributed by atoms with Crippen molar-refractivity contribution in [2.45, 2.75) is 18.3 Å². The average molecular weight is 775 g/mol. The van der Waals surface area contributed by atoms with Gasteiger partial charge in [0.1, 0.15) is 0 Å². The predicted octanol–water partition coefficient (Wildman–Crippen LogP) is 16.5. The van der Waals surface area contributed by atoms with Gasteiger partial charge in [0, 0.05) is 39.5 Å². The van der Waals surface area contributed by atoms with E-state index in [4.69, 9.17) is 0 Å². The van der Waals surface area contributed by atoms with Crippen LogP contribution in [0.5, 0.6) is 0 Å². The molecule has 0 bridgehead atoms. The lowest BCUT2D eigenvalue weighted by Gasteiger charge is -2.28. The van der Waals surface area contributed by atoms with E-state index in [1.54, 1.807) is 0 Å². The van der Waals surface area contributed by atoms with Crippen LogP contribution in [-0.4, -0.2) is 0 Å². The Bertz CT molecular complexity index is 3340. The Balaban J connectivity index is 0.906. The highest BCUT2D eigenvalue weighted by Gasteiger charge is 2.52. The third-order valence-electron chi connectivity index (χ3n) is 14.0. The van der Waals surface area contributed by atoms with Crippen molar-refractivity contribution in [1.82, 2.24) is 0 Å². The largest absolute Gasteiger partial charge is 0.310 e. The first-order chi connectivity index (χ1) is 30.2. The molecule has 0 unspecified atom stereocenters. The first-order valence-electron chi connectivity index (χ1n) is 21.5. The predicted molar refractivity (Wildman–Crippen MR) is 259 cm³/mol. The Kier molecular flexibility index (Phi) is 6.63. The maximum Gasteiger partial charge on any atom is 0.0473 e. The first kappa shape index (κ1) is 33.2. The van der Waals surface area contributed by atoms with E-state index in [0.717, 1.165) is 24.2 Å². The second-order valence-electron chi connectivity index (χ2n) is 17.3. The smallest absolute Gasteiger partial charge is 0.0473 e. The van der Waals surface area contributed by atoms with Crippen molar-refractivity contribution in [3.8, 4) is 11.1 Å². The molecule has 12 aromatic carbocycles. The van der Waals surface area contributed by atoms with Gasteiger partial charge in [0.05, 0.1) is 0 Å². The quantitative estimate of drug-likeness (QED) is 0.155. The summed E-state index contributed by atoms with van der Waals surface area (Å²) in [7, 11) is 0. The van der Waals surface area contributed by atoms with E-state index in [9.17, 15) is 0 Å². The zero-order valence-electron chi connectivity index (χ0n) is 33.4. The van der Waals surface area contributed by atoms with Gasteiger partial charge < -0.3 is 9.80 Å². The lowest BCUT2D eigenvalue weighted by Crippen LogP contribution is -2.12. The minimum absolute atomic E-state index is 0.00225. The topological polar surface area (TPSA) is 6.48 Å². The summed E-state index contributed by atoms with van der Waals surface area (Å²) in [5, 5.41) is 15.6. The number of hydrogen-bond donors (Lipinski definition) is 0. The summed E-state index contributed by atoms with van der Waals surface area (Å²) in [6.45, 7) is 0. The van der Waals surface area contributed by atoms with Crippen LogP contribution in [0.25, 0.3) is 75.8 Å². The SMILES string of the molecule is c1ccc(N(c2ccc3c(c2)C2(CC2)c2cc(N(c4ccccc4)c4cc5ccc6cccc7ccc(c4)c5c67)ccc2-3)c2cc3ccc4cccc5ccc(c2)c3c45)cc1. The molecule has 2 aliphatic rings. The number of rotatable bonds is 6. The fourth-order valence-corrected chi connectivity index (χ4v) is 11.2. The van der Waals surface area contributed by atoms with Crippen LogP contribution in [0, 0.1) is 0 Å². The Hall–Kier alpha value is -7.68. The van der Waals surface area contributed by atoms with Crippen molar-refractivity contribution in [3.63, 3.8) is 0 Å². The maximum absolute atomic E-state index is 2.51. The minimum atomic E-state index is 0.00225. The highest BCUT2D eigenvalue weighted by atomic mass is 15.1. The Labute approximate surface area is 353 Å². The molecule has 0 amide bonds. The summed E-state index contributed by atoms with van der Waals surface area (Å²) in [5.41, 5.74) is 12.7. The Morgan fingerprint density at radius 1 is 0.262 bits per heavy atom. The molecule has 284 valence electrons. The number of anilines is 6. The second-order valence-corrected chi connectivity index (χ2v) is 17.3. The van der Waals surface area contributed by atoms with Gasteiger partial charge in [-0.3, -0.25) is 0 Å². The number of benzene rings is 12. The Morgan fingerprint density at radius 2 is 0.607 bits per heavy atom. The Morgan fingerprint density at radius 3 is 0.967 bits per heavy atom. The van der Waals surface area contributed by atoms with E-state index in [1.165, 1.54) is 110 Å². The van der Waals surface area contributed by atoms with Crippen LogP contribution >= 0.6 is 0 Å². The van der Waals surface area contributed by atoms with Gasteiger partial charge in [-0.25, -0.2) is 0 Å². The van der Waals surface area contributed by atoms with Gasteiger partial charge >= 0.3 is 0 Å². The highest BCUT2D eigenvalue weighted by molar-refractivity contribution is 6.25. The number of fused-ring (bicyclic) bond motifs is 5. The molecule has 1 saturated carbocycles. The minimum Gasteiger partial charge on any atom is -0.310 e. The second kappa shape index (κ2) is 12.2. The molecule has 0 aliphatic heterocycles. The lowest BCUT2D eigenvalue weighted by atomic mass is 9.92. The van der Waals surface area contributed by atoms with E-state index in [2.05, 4.69) is 216 Å². The van der Waals surface area contributed by atoms with E-state index in [-0.39, 0.29) is 5.41 Å². The molecule has 61 heavy (non-hydrogen) atoms. The van der Waals surface area contributed by atoms with Crippen LogP contribution in [0.2, 0.25) is 0 Å². The zero-order valence-corrected chi connectivity index (χ0v) is 33.4. The molecule has 0 aromatic heterocycles. The third kappa shape index (κ3) is 4.73. The molecule has 2 nitrogen and oxygen atoms in total. The number of para-hydroxylation sites is 2. The van der Waals surface area contributed by atoms with Crippen molar-refractivity contribution in [3.05, 3.63) is 217 Å². The van der Waals surface area contributed by atoms with Gasteiger partial charge in [-0.2, -0.15) is 0 Å². The molecule has 0 radical (unpaired) electrons. The van der Waals surface area contributed by atoms with Gasteiger partial charge in [0.2, 0.25) is 0 Å². The van der Waals surface area contributed by atoms with E-state index < -0.39 is 0 Å². The summed E-state index contributed by atoms with van der Waals surface area (Å²) in [5.74, 6) is 0. The van der Waals surface area contributed by atoms with Crippen LogP contribution in [0.3, 0.4) is 0 Å². The normalized spacial score (nSPS) is 13.9. The third-order valence-corrected chi connectivity index (χ3v) is 14.0. The van der Waals surface area contributed by atoms with Gasteiger partial charge in [0.25, 0.3) is 0 Å². The molecule has 0 saturated heterocycles. The summed E-state index contributed by atoms with van der Waals surface area (Å²) < 4.78 is 0. The van der Waals surface area contributed by atoms with Crippen LogP contribution in [-0.2, 0) is 5.41 Å². The molecule has 2 aliphatic carbocycles. The fourth-order valence-electron chi connectivity index (χ4n) is 11.2. The van der Waals surface area contributed by atoms with E-state index >= 15 is 0 Å². The van der Waals surface area contributed by atoms with Gasteiger partial charge in [-0.1, -0.05) is 133 Å². The molecular formula is C59H38N2. The van der Waals surface area contributed by atoms with Crippen molar-refractivity contribution >= 4 is 98.8 Å². The highest BCUT2D eigenvalue weighted by Crippen LogP contribution is 2.64. The van der Waals surface area contributed by atoms with Crippen LogP contribution < -0.4 is 9.80 Å². The van der Waals surface area contributed by atoms with Gasteiger partial charge in [-0.05, 0) is 173 Å². The lowest BCUT2D eigenvalue weighted by molar-refractivity contribution is 0.878. The molecule has 0 heterocycles. The molecule has 0 atom stereocenters. The van der Waals surface area contributed by atoms with E-state index in [0.29, 0.717) is 0 Å². The fraction of sp³-hybridized carbons (Fsp3) is 0.0508.